The highest BCUT2D eigenvalue weighted by Gasteiger charge is 2.33. The lowest BCUT2D eigenvalue weighted by Crippen LogP contribution is -2.33. The lowest BCUT2D eigenvalue weighted by atomic mass is 9.82. The maximum atomic E-state index is 5.51. The van der Waals surface area contributed by atoms with Crippen LogP contribution in [0.25, 0.3) is 0 Å². The summed E-state index contributed by atoms with van der Waals surface area (Å²) < 4.78 is 15.9. The minimum absolute atomic E-state index is 0.347. The van der Waals surface area contributed by atoms with Crippen LogP contribution in [-0.2, 0) is 14.2 Å². The fraction of sp³-hybridized carbons (Fsp3) is 1.00. The molecule has 4 nitrogen and oxygen atoms in total. The summed E-state index contributed by atoms with van der Waals surface area (Å²) in [7, 11) is 3.70. The molecule has 1 unspecified atom stereocenters. The van der Waals surface area contributed by atoms with Gasteiger partial charge in [0, 0.05) is 32.3 Å². The third-order valence-corrected chi connectivity index (χ3v) is 3.16. The van der Waals surface area contributed by atoms with Crippen molar-refractivity contribution in [1.82, 2.24) is 5.32 Å². The summed E-state index contributed by atoms with van der Waals surface area (Å²) >= 11 is 0. The van der Waals surface area contributed by atoms with E-state index in [1.807, 2.05) is 7.05 Å². The second-order valence-electron chi connectivity index (χ2n) is 4.54. The Labute approximate surface area is 98.6 Å². The third-order valence-electron chi connectivity index (χ3n) is 3.16. The fourth-order valence-corrected chi connectivity index (χ4v) is 2.24. The van der Waals surface area contributed by atoms with E-state index in [1.54, 1.807) is 7.11 Å². The first-order valence-electron chi connectivity index (χ1n) is 6.12. The third kappa shape index (κ3) is 4.78. The second-order valence-corrected chi connectivity index (χ2v) is 4.54. The van der Waals surface area contributed by atoms with E-state index in [0.717, 1.165) is 32.8 Å². The Morgan fingerprint density at radius 3 is 2.81 bits per heavy atom. The van der Waals surface area contributed by atoms with Gasteiger partial charge in [-0.3, -0.25) is 0 Å². The molecule has 0 radical (unpaired) electrons. The van der Waals surface area contributed by atoms with Gasteiger partial charge in [-0.1, -0.05) is 0 Å². The number of nitrogens with one attached hydrogen (secondary N) is 1. The van der Waals surface area contributed by atoms with Crippen molar-refractivity contribution in [2.24, 2.45) is 5.41 Å². The first-order valence-corrected chi connectivity index (χ1v) is 6.12. The Morgan fingerprint density at radius 2 is 2.19 bits per heavy atom. The molecule has 1 fully saturated rings. The van der Waals surface area contributed by atoms with Gasteiger partial charge >= 0.3 is 0 Å². The lowest BCUT2D eigenvalue weighted by molar-refractivity contribution is 0.0616. The maximum Gasteiger partial charge on any atom is 0.0700 e. The molecule has 16 heavy (non-hydrogen) atoms. The van der Waals surface area contributed by atoms with Gasteiger partial charge in [0.25, 0.3) is 0 Å². The number of methoxy groups -OCH3 is 1. The number of rotatable bonds is 9. The molecule has 1 atom stereocenters. The van der Waals surface area contributed by atoms with Crippen molar-refractivity contribution < 1.29 is 14.2 Å². The predicted molar refractivity (Wildman–Crippen MR) is 63.7 cm³/mol. The van der Waals surface area contributed by atoms with Crippen molar-refractivity contribution in [2.45, 2.75) is 19.3 Å². The van der Waals surface area contributed by atoms with Gasteiger partial charge in [0.15, 0.2) is 0 Å². The smallest absolute Gasteiger partial charge is 0.0700 e. The molecule has 0 aliphatic carbocycles. The summed E-state index contributed by atoms with van der Waals surface area (Å²) in [5, 5.41) is 3.27. The molecule has 1 saturated heterocycles. The van der Waals surface area contributed by atoms with Crippen LogP contribution in [0.3, 0.4) is 0 Å². The van der Waals surface area contributed by atoms with Crippen LogP contribution in [0, 0.1) is 5.41 Å². The largest absolute Gasteiger partial charge is 0.382 e. The van der Waals surface area contributed by atoms with E-state index >= 15 is 0 Å². The van der Waals surface area contributed by atoms with E-state index < -0.39 is 0 Å². The van der Waals surface area contributed by atoms with Crippen molar-refractivity contribution in [3.05, 3.63) is 0 Å². The maximum absolute atomic E-state index is 5.51. The molecule has 0 aromatic heterocycles. The highest BCUT2D eigenvalue weighted by molar-refractivity contribution is 4.84. The van der Waals surface area contributed by atoms with Crippen LogP contribution in [0.4, 0.5) is 0 Å². The number of ether oxygens (including phenoxy) is 3. The molecule has 1 aliphatic heterocycles. The molecule has 0 aromatic carbocycles. The van der Waals surface area contributed by atoms with Crippen LogP contribution in [0.5, 0.6) is 0 Å². The molecule has 1 aliphatic rings. The van der Waals surface area contributed by atoms with Crippen LogP contribution < -0.4 is 5.32 Å². The summed E-state index contributed by atoms with van der Waals surface area (Å²) in [5.41, 5.74) is 0.347. The number of hydrogen-bond acceptors (Lipinski definition) is 4. The van der Waals surface area contributed by atoms with Gasteiger partial charge in [0.1, 0.15) is 0 Å². The zero-order valence-electron chi connectivity index (χ0n) is 10.6. The molecule has 96 valence electrons. The Bertz CT molecular complexity index is 170. The van der Waals surface area contributed by atoms with E-state index in [9.17, 15) is 0 Å². The average molecular weight is 231 g/mol. The van der Waals surface area contributed by atoms with E-state index in [-0.39, 0.29) is 0 Å². The van der Waals surface area contributed by atoms with Crippen molar-refractivity contribution >= 4 is 0 Å². The molecule has 4 heteroatoms. The van der Waals surface area contributed by atoms with Gasteiger partial charge in [-0.05, 0) is 26.3 Å². The van der Waals surface area contributed by atoms with Crippen molar-refractivity contribution in [2.75, 3.05) is 53.7 Å². The summed E-state index contributed by atoms with van der Waals surface area (Å²) in [5.74, 6) is 0. The fourth-order valence-electron chi connectivity index (χ4n) is 2.24. The van der Waals surface area contributed by atoms with Crippen LogP contribution in [-0.4, -0.2) is 53.7 Å². The van der Waals surface area contributed by atoms with Crippen LogP contribution >= 0.6 is 0 Å². The first-order chi connectivity index (χ1) is 7.83. The van der Waals surface area contributed by atoms with Gasteiger partial charge in [0.05, 0.1) is 19.8 Å². The summed E-state index contributed by atoms with van der Waals surface area (Å²) in [6.45, 7) is 5.06. The minimum Gasteiger partial charge on any atom is -0.382 e. The highest BCUT2D eigenvalue weighted by atomic mass is 16.5. The minimum atomic E-state index is 0.347. The topological polar surface area (TPSA) is 39.7 Å². The zero-order valence-corrected chi connectivity index (χ0v) is 10.6. The summed E-state index contributed by atoms with van der Waals surface area (Å²) in [4.78, 5) is 0. The molecular formula is C12H25NO3. The average Bonchev–Trinajstić information content (AvgIpc) is 2.73. The first kappa shape index (κ1) is 13.9. The molecule has 0 saturated carbocycles. The SMILES string of the molecule is CNCC1(CCCOCCOC)CCOC1. The molecule has 0 aromatic rings. The molecule has 0 amide bonds. The lowest BCUT2D eigenvalue weighted by Gasteiger charge is -2.26. The van der Waals surface area contributed by atoms with Crippen molar-refractivity contribution in [3.8, 4) is 0 Å². The van der Waals surface area contributed by atoms with Crippen molar-refractivity contribution in [3.63, 3.8) is 0 Å². The van der Waals surface area contributed by atoms with Crippen LogP contribution in [0.2, 0.25) is 0 Å². The quantitative estimate of drug-likeness (QED) is 0.602. The van der Waals surface area contributed by atoms with Gasteiger partial charge in [-0.2, -0.15) is 0 Å². The van der Waals surface area contributed by atoms with Gasteiger partial charge in [-0.25, -0.2) is 0 Å². The van der Waals surface area contributed by atoms with Crippen LogP contribution in [0.15, 0.2) is 0 Å². The van der Waals surface area contributed by atoms with E-state index in [4.69, 9.17) is 14.2 Å². The van der Waals surface area contributed by atoms with Crippen molar-refractivity contribution in [1.29, 1.82) is 0 Å². The Kier molecular flexibility index (Phi) is 6.96. The number of hydrogen-bond donors (Lipinski definition) is 1. The summed E-state index contributed by atoms with van der Waals surface area (Å²) in [6, 6.07) is 0. The molecule has 1 N–H and O–H groups in total. The Balaban J connectivity index is 2.08. The summed E-state index contributed by atoms with van der Waals surface area (Å²) in [6.07, 6.45) is 3.46. The van der Waals surface area contributed by atoms with Crippen LogP contribution in [0.1, 0.15) is 19.3 Å². The van der Waals surface area contributed by atoms with Gasteiger partial charge in [-0.15, -0.1) is 0 Å². The highest BCUT2D eigenvalue weighted by Crippen LogP contribution is 2.32. The zero-order chi connectivity index (χ0) is 11.7. The Hall–Kier alpha value is -0.160. The second kappa shape index (κ2) is 8.01. The molecule has 0 bridgehead atoms. The molecule has 1 rings (SSSR count). The molecule has 0 spiro atoms. The van der Waals surface area contributed by atoms with Gasteiger partial charge in [0.2, 0.25) is 0 Å². The predicted octanol–water partition coefficient (Wildman–Crippen LogP) is 1.06. The molecule has 1 heterocycles. The van der Waals surface area contributed by atoms with E-state index in [1.165, 1.54) is 12.8 Å². The monoisotopic (exact) mass is 231 g/mol. The van der Waals surface area contributed by atoms with Gasteiger partial charge < -0.3 is 19.5 Å². The Morgan fingerprint density at radius 1 is 1.31 bits per heavy atom. The molecular weight excluding hydrogens is 206 g/mol. The van der Waals surface area contributed by atoms with E-state index in [0.29, 0.717) is 18.6 Å². The standard InChI is InChI=1S/C12H25NO3/c1-13-10-12(5-7-16-11-12)4-3-6-15-9-8-14-2/h13H,3-11H2,1-2H3. The van der Waals surface area contributed by atoms with E-state index in [2.05, 4.69) is 5.32 Å². The normalized spacial score (nSPS) is 25.1.